The lowest BCUT2D eigenvalue weighted by molar-refractivity contribution is -0.146. The van der Waals surface area contributed by atoms with E-state index in [9.17, 15) is 19.8 Å². The number of aliphatic carboxylic acids is 1. The van der Waals surface area contributed by atoms with E-state index < -0.39 is 18.0 Å². The monoisotopic (exact) mass is 473 g/mol. The third-order valence-corrected chi connectivity index (χ3v) is 6.17. The van der Waals surface area contributed by atoms with Gasteiger partial charge in [-0.1, -0.05) is 53.7 Å². The topological polar surface area (TPSA) is 115 Å². The van der Waals surface area contributed by atoms with Crippen LogP contribution in [0, 0.1) is 5.92 Å². The van der Waals surface area contributed by atoms with Gasteiger partial charge in [-0.3, -0.25) is 9.59 Å². The molecule has 2 N–H and O–H groups in total. The maximum atomic E-state index is 12.6. The standard InChI is InChI=1S/C27H27N3O5/c1-35-21-13-11-20(12-14-21)19-9-6-18(7-10-19)8-15-25(31)23(27(33)34)16-17-30-26(32)22-4-2-3-5-24(22)28-29-30/h2-7,9-14,23,25,31H,8,15-17H2,1H3,(H,33,34)/t23-,25+/m0/s1. The number of aromatic nitrogens is 3. The highest BCUT2D eigenvalue weighted by molar-refractivity contribution is 5.76. The van der Waals surface area contributed by atoms with E-state index in [0.29, 0.717) is 17.3 Å². The van der Waals surface area contributed by atoms with Gasteiger partial charge in [0.2, 0.25) is 0 Å². The Balaban J connectivity index is 1.36. The molecule has 2 atom stereocenters. The van der Waals surface area contributed by atoms with Gasteiger partial charge in [-0.05, 0) is 60.2 Å². The summed E-state index contributed by atoms with van der Waals surface area (Å²) in [6.45, 7) is 0.0568. The van der Waals surface area contributed by atoms with Crippen molar-refractivity contribution >= 4 is 16.9 Å². The summed E-state index contributed by atoms with van der Waals surface area (Å²) in [7, 11) is 1.63. The SMILES string of the molecule is COc1ccc(-c2ccc(CC[C@@H](O)[C@H](CCn3nnc4ccccc4c3=O)C(=O)O)cc2)cc1. The first kappa shape index (κ1) is 24.1. The van der Waals surface area contributed by atoms with Crippen LogP contribution in [0.3, 0.4) is 0 Å². The second-order valence-corrected chi connectivity index (χ2v) is 8.40. The van der Waals surface area contributed by atoms with Crippen molar-refractivity contribution < 1.29 is 19.7 Å². The second kappa shape index (κ2) is 10.9. The summed E-state index contributed by atoms with van der Waals surface area (Å²) in [4.78, 5) is 24.4. The number of aryl methyl sites for hydroxylation is 2. The van der Waals surface area contributed by atoms with Gasteiger partial charge < -0.3 is 14.9 Å². The molecule has 35 heavy (non-hydrogen) atoms. The van der Waals surface area contributed by atoms with E-state index in [1.807, 2.05) is 48.5 Å². The lowest BCUT2D eigenvalue weighted by Crippen LogP contribution is -2.32. The van der Waals surface area contributed by atoms with Crippen molar-refractivity contribution in [2.45, 2.75) is 31.9 Å². The molecular formula is C27H27N3O5. The molecule has 8 nitrogen and oxygen atoms in total. The van der Waals surface area contributed by atoms with Gasteiger partial charge in [0.25, 0.3) is 5.56 Å². The first-order chi connectivity index (χ1) is 17.0. The molecule has 0 spiro atoms. The quantitative estimate of drug-likeness (QED) is 0.362. The highest BCUT2D eigenvalue weighted by Crippen LogP contribution is 2.24. The van der Waals surface area contributed by atoms with Crippen molar-refractivity contribution in [3.05, 3.63) is 88.7 Å². The molecule has 0 unspecified atom stereocenters. The van der Waals surface area contributed by atoms with Crippen LogP contribution >= 0.6 is 0 Å². The van der Waals surface area contributed by atoms with E-state index in [1.54, 1.807) is 31.4 Å². The number of nitrogens with zero attached hydrogens (tertiary/aromatic N) is 3. The van der Waals surface area contributed by atoms with Crippen LogP contribution in [0.4, 0.5) is 0 Å². The number of carbonyl (C=O) groups is 1. The number of ether oxygens (including phenoxy) is 1. The van der Waals surface area contributed by atoms with Crippen LogP contribution in [0.15, 0.2) is 77.6 Å². The van der Waals surface area contributed by atoms with E-state index in [1.165, 1.54) is 0 Å². The van der Waals surface area contributed by atoms with Gasteiger partial charge in [0, 0.05) is 6.54 Å². The van der Waals surface area contributed by atoms with E-state index in [4.69, 9.17) is 4.74 Å². The minimum absolute atomic E-state index is 0.0568. The number of carboxylic acids is 1. The zero-order valence-corrected chi connectivity index (χ0v) is 19.4. The van der Waals surface area contributed by atoms with Crippen molar-refractivity contribution in [3.8, 4) is 16.9 Å². The molecule has 1 heterocycles. The minimum Gasteiger partial charge on any atom is -0.497 e. The second-order valence-electron chi connectivity index (χ2n) is 8.40. The van der Waals surface area contributed by atoms with Gasteiger partial charge in [0.05, 0.1) is 24.5 Å². The van der Waals surface area contributed by atoms with Gasteiger partial charge in [0.15, 0.2) is 0 Å². The largest absolute Gasteiger partial charge is 0.497 e. The van der Waals surface area contributed by atoms with Gasteiger partial charge in [-0.25, -0.2) is 4.68 Å². The molecule has 0 aliphatic heterocycles. The maximum absolute atomic E-state index is 12.6. The van der Waals surface area contributed by atoms with Crippen LogP contribution in [0.2, 0.25) is 0 Å². The van der Waals surface area contributed by atoms with Crippen LogP contribution in [0.1, 0.15) is 18.4 Å². The molecule has 180 valence electrons. The first-order valence-electron chi connectivity index (χ1n) is 11.4. The lowest BCUT2D eigenvalue weighted by Gasteiger charge is -2.19. The van der Waals surface area contributed by atoms with Crippen LogP contribution in [0.25, 0.3) is 22.0 Å². The van der Waals surface area contributed by atoms with Crippen LogP contribution in [0.5, 0.6) is 5.75 Å². The Hall–Kier alpha value is -4.04. The number of hydrogen-bond donors (Lipinski definition) is 2. The Morgan fingerprint density at radius 2 is 1.63 bits per heavy atom. The summed E-state index contributed by atoms with van der Waals surface area (Å²) in [5, 5.41) is 28.6. The highest BCUT2D eigenvalue weighted by atomic mass is 16.5. The molecule has 0 aliphatic carbocycles. The van der Waals surface area contributed by atoms with Gasteiger partial charge in [-0.15, -0.1) is 5.10 Å². The number of aliphatic hydroxyl groups excluding tert-OH is 1. The molecule has 0 bridgehead atoms. The molecule has 4 rings (SSSR count). The maximum Gasteiger partial charge on any atom is 0.309 e. The Morgan fingerprint density at radius 3 is 2.29 bits per heavy atom. The van der Waals surface area contributed by atoms with Crippen molar-refractivity contribution in [3.63, 3.8) is 0 Å². The fourth-order valence-electron chi connectivity index (χ4n) is 4.07. The Kier molecular flexibility index (Phi) is 7.52. The molecule has 0 fully saturated rings. The molecule has 4 aromatic rings. The smallest absolute Gasteiger partial charge is 0.309 e. The molecule has 3 aromatic carbocycles. The third-order valence-electron chi connectivity index (χ3n) is 6.17. The highest BCUT2D eigenvalue weighted by Gasteiger charge is 2.26. The van der Waals surface area contributed by atoms with Crippen LogP contribution in [-0.4, -0.2) is 44.4 Å². The molecule has 1 aromatic heterocycles. The van der Waals surface area contributed by atoms with Crippen molar-refractivity contribution in [2.24, 2.45) is 5.92 Å². The fourth-order valence-corrected chi connectivity index (χ4v) is 4.07. The molecule has 0 aliphatic rings. The zero-order valence-electron chi connectivity index (χ0n) is 19.4. The molecule has 0 saturated heterocycles. The predicted molar refractivity (Wildman–Crippen MR) is 132 cm³/mol. The summed E-state index contributed by atoms with van der Waals surface area (Å²) in [6.07, 6.45) is -0.168. The molecule has 8 heteroatoms. The number of rotatable bonds is 10. The Labute approximate surface area is 202 Å². The first-order valence-corrected chi connectivity index (χ1v) is 11.4. The molecule has 0 radical (unpaired) electrons. The van der Waals surface area contributed by atoms with Gasteiger partial charge >= 0.3 is 5.97 Å². The van der Waals surface area contributed by atoms with E-state index in [2.05, 4.69) is 10.3 Å². The molecular weight excluding hydrogens is 446 g/mol. The third kappa shape index (κ3) is 5.73. The van der Waals surface area contributed by atoms with Crippen molar-refractivity contribution in [1.29, 1.82) is 0 Å². The summed E-state index contributed by atoms with van der Waals surface area (Å²) in [5.74, 6) is -1.33. The minimum atomic E-state index is -1.10. The number of benzene rings is 3. The Bertz CT molecular complexity index is 1350. The number of carboxylic acid groups (broad SMARTS) is 1. The van der Waals surface area contributed by atoms with E-state index in [0.717, 1.165) is 27.1 Å². The Morgan fingerprint density at radius 1 is 0.971 bits per heavy atom. The summed E-state index contributed by atoms with van der Waals surface area (Å²) < 4.78 is 6.35. The number of aliphatic hydroxyl groups is 1. The van der Waals surface area contributed by atoms with Gasteiger partial charge in [-0.2, -0.15) is 0 Å². The van der Waals surface area contributed by atoms with Gasteiger partial charge in [0.1, 0.15) is 11.3 Å². The van der Waals surface area contributed by atoms with E-state index >= 15 is 0 Å². The van der Waals surface area contributed by atoms with Crippen LogP contribution in [-0.2, 0) is 17.8 Å². The fraction of sp³-hybridized carbons (Fsp3) is 0.259. The lowest BCUT2D eigenvalue weighted by atomic mass is 9.93. The van der Waals surface area contributed by atoms with Crippen molar-refractivity contribution in [1.82, 2.24) is 15.0 Å². The number of methoxy groups -OCH3 is 1. The predicted octanol–water partition coefficient (Wildman–Crippen LogP) is 3.55. The van der Waals surface area contributed by atoms with E-state index in [-0.39, 0.29) is 24.9 Å². The average molecular weight is 474 g/mol. The average Bonchev–Trinajstić information content (AvgIpc) is 2.89. The summed E-state index contributed by atoms with van der Waals surface area (Å²) >= 11 is 0. The van der Waals surface area contributed by atoms with Crippen molar-refractivity contribution in [2.75, 3.05) is 7.11 Å². The number of hydrogen-bond acceptors (Lipinski definition) is 6. The zero-order chi connectivity index (χ0) is 24.8. The summed E-state index contributed by atoms with van der Waals surface area (Å²) in [5.41, 5.74) is 3.28. The van der Waals surface area contributed by atoms with Crippen LogP contribution < -0.4 is 10.3 Å². The summed E-state index contributed by atoms with van der Waals surface area (Å²) in [6, 6.07) is 22.6. The number of fused-ring (bicyclic) bond motifs is 1. The molecule has 0 amide bonds. The molecule has 0 saturated carbocycles. The normalized spacial score (nSPS) is 12.9.